The number of anilines is 1. The van der Waals surface area contributed by atoms with Crippen molar-refractivity contribution in [2.24, 2.45) is 0 Å². The summed E-state index contributed by atoms with van der Waals surface area (Å²) in [6.07, 6.45) is -1.89. The third-order valence-corrected chi connectivity index (χ3v) is 6.76. The maximum atomic E-state index is 13.5. The van der Waals surface area contributed by atoms with Crippen molar-refractivity contribution >= 4 is 28.3 Å². The first kappa shape index (κ1) is 25.4. The van der Waals surface area contributed by atoms with Gasteiger partial charge < -0.3 is 23.5 Å². The monoisotopic (exact) mass is 548 g/mol. The number of carbonyl (C=O) groups excluding carboxylic acids is 1. The predicted molar refractivity (Wildman–Crippen MR) is 139 cm³/mol. The van der Waals surface area contributed by atoms with Crippen molar-refractivity contribution in [3.63, 3.8) is 0 Å². The minimum atomic E-state index is -3.79. The van der Waals surface area contributed by atoms with Gasteiger partial charge in [-0.2, -0.15) is 5.10 Å². The maximum Gasteiger partial charge on any atom is 0.586 e. The molecule has 2 aromatic heterocycles. The molecule has 3 heterocycles. The van der Waals surface area contributed by atoms with Crippen LogP contribution >= 0.6 is 0 Å². The van der Waals surface area contributed by atoms with Gasteiger partial charge in [0.2, 0.25) is 5.91 Å². The fraction of sp³-hybridized carbons (Fsp3) is 0.286. The normalized spacial score (nSPS) is 15.2. The van der Waals surface area contributed by atoms with Crippen LogP contribution < -0.4 is 24.7 Å². The van der Waals surface area contributed by atoms with Gasteiger partial charge in [-0.05, 0) is 61.7 Å². The van der Waals surface area contributed by atoms with Crippen molar-refractivity contribution in [3.8, 4) is 28.5 Å². The highest BCUT2D eigenvalue weighted by Crippen LogP contribution is 2.44. The van der Waals surface area contributed by atoms with Gasteiger partial charge in [0.1, 0.15) is 23.7 Å². The first-order valence-electron chi connectivity index (χ1n) is 12.5. The lowest BCUT2D eigenvalue weighted by molar-refractivity contribution is -0.286. The molecule has 0 radical (unpaired) electrons. The third kappa shape index (κ3) is 4.49. The lowest BCUT2D eigenvalue weighted by Crippen LogP contribution is -2.37. The molecule has 10 nitrogen and oxygen atoms in total. The number of hydrogen-bond donors (Lipinski definition) is 0. The lowest BCUT2D eigenvalue weighted by Gasteiger charge is -2.21. The first-order chi connectivity index (χ1) is 19.2. The molecule has 6 rings (SSSR count). The zero-order valence-corrected chi connectivity index (χ0v) is 21.4. The average Bonchev–Trinajstić information content (AvgIpc) is 3.60. The molecule has 0 atom stereocenters. The molecule has 0 saturated heterocycles. The van der Waals surface area contributed by atoms with Crippen molar-refractivity contribution in [1.82, 2.24) is 9.78 Å². The van der Waals surface area contributed by atoms with Gasteiger partial charge in [0.05, 0.1) is 19.1 Å². The molecule has 12 heteroatoms. The van der Waals surface area contributed by atoms with E-state index in [4.69, 9.17) is 15.7 Å². The summed E-state index contributed by atoms with van der Waals surface area (Å²) in [5, 5.41) is 4.77. The summed E-state index contributed by atoms with van der Waals surface area (Å²) in [5.74, 6) is 0.451. The summed E-state index contributed by atoms with van der Waals surface area (Å²) in [4.78, 5) is 31.8. The van der Waals surface area contributed by atoms with Gasteiger partial charge in [0, 0.05) is 24.2 Å². The van der Waals surface area contributed by atoms with Crippen LogP contribution in [0.25, 0.3) is 27.1 Å². The van der Waals surface area contributed by atoms with Crippen LogP contribution in [0.5, 0.6) is 17.2 Å². The standard InChI is InChI=1S/C28H22F2N4O6/c1-4-33(18-7-8-21-23(12-18)40-28(29,30)39-21)24(35)14-34-27(36)20-13-22(15-5-6-15)38-26(20)25(32-34)16-9-17(31-2)11-19(10-16)37-3/h7-13,15H,4-6,14H2,1,3H3. The number of alkyl halides is 2. The highest BCUT2D eigenvalue weighted by Gasteiger charge is 2.43. The summed E-state index contributed by atoms with van der Waals surface area (Å²) in [7, 11) is 1.48. The average molecular weight is 549 g/mol. The molecule has 1 aliphatic carbocycles. The van der Waals surface area contributed by atoms with Crippen LogP contribution in [0.15, 0.2) is 51.7 Å². The Labute approximate surface area is 226 Å². The number of methoxy groups -OCH3 is 1. The van der Waals surface area contributed by atoms with E-state index >= 15 is 0 Å². The number of halogens is 2. The Morgan fingerprint density at radius 2 is 1.98 bits per heavy atom. The van der Waals surface area contributed by atoms with Crippen LogP contribution in [0, 0.1) is 6.57 Å². The van der Waals surface area contributed by atoms with Gasteiger partial charge in [-0.3, -0.25) is 9.59 Å². The van der Waals surface area contributed by atoms with Gasteiger partial charge >= 0.3 is 6.29 Å². The van der Waals surface area contributed by atoms with E-state index in [9.17, 15) is 18.4 Å². The van der Waals surface area contributed by atoms with Crippen LogP contribution in [-0.4, -0.2) is 35.6 Å². The molecule has 2 aliphatic rings. The molecule has 1 aliphatic heterocycles. The van der Waals surface area contributed by atoms with E-state index in [0.717, 1.165) is 17.5 Å². The van der Waals surface area contributed by atoms with Crippen molar-refractivity contribution in [1.29, 1.82) is 0 Å². The fourth-order valence-electron chi connectivity index (χ4n) is 4.68. The lowest BCUT2D eigenvalue weighted by atomic mass is 10.1. The summed E-state index contributed by atoms with van der Waals surface area (Å²) in [5.41, 5.74) is 1.11. The number of amides is 1. The number of rotatable bonds is 7. The van der Waals surface area contributed by atoms with E-state index in [1.807, 2.05) is 0 Å². The first-order valence-corrected chi connectivity index (χ1v) is 12.5. The van der Waals surface area contributed by atoms with E-state index in [2.05, 4.69) is 19.4 Å². The molecule has 204 valence electrons. The molecule has 2 aromatic carbocycles. The van der Waals surface area contributed by atoms with Gasteiger partial charge in [0.25, 0.3) is 5.56 Å². The maximum absolute atomic E-state index is 13.5. The van der Waals surface area contributed by atoms with Crippen LogP contribution in [-0.2, 0) is 11.3 Å². The van der Waals surface area contributed by atoms with Crippen LogP contribution in [0.1, 0.15) is 31.4 Å². The zero-order chi connectivity index (χ0) is 28.2. The second-order valence-corrected chi connectivity index (χ2v) is 9.45. The van der Waals surface area contributed by atoms with Gasteiger partial charge in [-0.1, -0.05) is 0 Å². The minimum absolute atomic E-state index is 0.145. The number of fused-ring (bicyclic) bond motifs is 2. The van der Waals surface area contributed by atoms with Crippen LogP contribution in [0.2, 0.25) is 0 Å². The van der Waals surface area contributed by atoms with E-state index in [1.165, 1.54) is 30.2 Å². The topological polar surface area (TPSA) is 100 Å². The molecule has 0 bridgehead atoms. The second kappa shape index (κ2) is 9.37. The number of benzene rings is 2. The molecule has 0 spiro atoms. The quantitative estimate of drug-likeness (QED) is 0.283. The van der Waals surface area contributed by atoms with Crippen molar-refractivity contribution < 1.29 is 32.2 Å². The molecule has 1 saturated carbocycles. The minimum Gasteiger partial charge on any atom is -0.498 e. The van der Waals surface area contributed by atoms with E-state index in [0.29, 0.717) is 22.8 Å². The number of ether oxygens (including phenoxy) is 3. The Balaban J connectivity index is 1.41. The molecule has 1 fully saturated rings. The highest BCUT2D eigenvalue weighted by molar-refractivity contribution is 5.94. The molecular weight excluding hydrogens is 526 g/mol. The second-order valence-electron chi connectivity index (χ2n) is 9.45. The van der Waals surface area contributed by atoms with Crippen LogP contribution in [0.4, 0.5) is 20.2 Å². The largest absolute Gasteiger partial charge is 0.586 e. The van der Waals surface area contributed by atoms with Gasteiger partial charge in [-0.15, -0.1) is 8.78 Å². The Hall–Kier alpha value is -4.92. The number of aromatic nitrogens is 2. The Bertz CT molecular complexity index is 1770. The summed E-state index contributed by atoms with van der Waals surface area (Å²) >= 11 is 0. The predicted octanol–water partition coefficient (Wildman–Crippen LogP) is 5.47. The highest BCUT2D eigenvalue weighted by atomic mass is 19.3. The number of carbonyl (C=O) groups is 1. The molecule has 0 N–H and O–H groups in total. The third-order valence-electron chi connectivity index (χ3n) is 6.76. The molecular formula is C28H22F2N4O6. The van der Waals surface area contributed by atoms with E-state index in [1.54, 1.807) is 31.2 Å². The molecule has 1 amide bonds. The molecule has 0 unspecified atom stereocenters. The summed E-state index contributed by atoms with van der Waals surface area (Å²) < 4.78 is 48.4. The number of furan rings is 1. The number of hydrogen-bond acceptors (Lipinski definition) is 7. The zero-order valence-electron chi connectivity index (χ0n) is 21.4. The number of likely N-dealkylation sites (N-methyl/N-ethyl adjacent to an activating group) is 1. The van der Waals surface area contributed by atoms with Crippen LogP contribution in [0.3, 0.4) is 0 Å². The summed E-state index contributed by atoms with van der Waals surface area (Å²) in [6, 6.07) is 10.6. The Kier molecular flexibility index (Phi) is 5.94. The Morgan fingerprint density at radius 1 is 1.20 bits per heavy atom. The fourth-order valence-corrected chi connectivity index (χ4v) is 4.68. The van der Waals surface area contributed by atoms with Crippen molar-refractivity contribution in [2.75, 3.05) is 18.6 Å². The van der Waals surface area contributed by atoms with E-state index in [-0.39, 0.29) is 46.3 Å². The molecule has 4 aromatic rings. The molecule has 40 heavy (non-hydrogen) atoms. The Morgan fingerprint density at radius 3 is 2.67 bits per heavy atom. The van der Waals surface area contributed by atoms with E-state index < -0.39 is 24.3 Å². The van der Waals surface area contributed by atoms with Crippen molar-refractivity contribution in [2.45, 2.75) is 38.5 Å². The number of nitrogens with zero attached hydrogens (tertiary/aromatic N) is 4. The SMILES string of the molecule is [C-]#[N+]c1cc(OC)cc(-c2nn(CC(=O)N(CC)c3ccc4c(c3)OC(F)(F)O4)c(=O)c3cc(C4CC4)oc23)c1. The summed E-state index contributed by atoms with van der Waals surface area (Å²) in [6.45, 7) is 8.91. The smallest absolute Gasteiger partial charge is 0.498 e. The van der Waals surface area contributed by atoms with Gasteiger partial charge in [-0.25, -0.2) is 9.53 Å². The van der Waals surface area contributed by atoms with Gasteiger partial charge in [0.15, 0.2) is 22.8 Å². The van der Waals surface area contributed by atoms with Crippen molar-refractivity contribution in [3.05, 3.63) is 70.0 Å².